The third kappa shape index (κ3) is 4.43. The molecule has 0 fully saturated rings. The fraction of sp³-hybridized carbons (Fsp3) is 0.571. The van der Waals surface area contributed by atoms with Gasteiger partial charge in [0, 0.05) is 6.04 Å². The van der Waals surface area contributed by atoms with Crippen LogP contribution in [0.5, 0.6) is 0 Å². The second-order valence-electron chi connectivity index (χ2n) is 5.57. The molecule has 0 aliphatic heterocycles. The Morgan fingerprint density at radius 1 is 1.53 bits per heavy atom. The molecule has 0 radical (unpaired) electrons. The SMILES string of the molecule is C=CC(C)n1cncc1[C@@H](C)NC(=O)OC(C)(C)C. The van der Waals surface area contributed by atoms with Crippen molar-refractivity contribution >= 4 is 6.09 Å². The van der Waals surface area contributed by atoms with Crippen LogP contribution in [0.3, 0.4) is 0 Å². The van der Waals surface area contributed by atoms with Crippen molar-refractivity contribution in [1.29, 1.82) is 0 Å². The highest BCUT2D eigenvalue weighted by atomic mass is 16.6. The number of carbonyl (C=O) groups excluding carboxylic acids is 1. The van der Waals surface area contributed by atoms with E-state index in [0.29, 0.717) is 0 Å². The third-order valence-corrected chi connectivity index (χ3v) is 2.65. The van der Waals surface area contributed by atoms with Crippen LogP contribution in [0.25, 0.3) is 0 Å². The average molecular weight is 265 g/mol. The van der Waals surface area contributed by atoms with Crippen molar-refractivity contribution in [2.75, 3.05) is 0 Å². The van der Waals surface area contributed by atoms with Gasteiger partial charge >= 0.3 is 6.09 Å². The van der Waals surface area contributed by atoms with Crippen molar-refractivity contribution in [3.05, 3.63) is 30.9 Å². The second kappa shape index (κ2) is 5.91. The highest BCUT2D eigenvalue weighted by Gasteiger charge is 2.20. The number of alkyl carbamates (subject to hydrolysis) is 1. The van der Waals surface area contributed by atoms with Crippen molar-refractivity contribution in [3.8, 4) is 0 Å². The van der Waals surface area contributed by atoms with Crippen molar-refractivity contribution < 1.29 is 9.53 Å². The Balaban J connectivity index is 2.73. The first-order valence-corrected chi connectivity index (χ1v) is 6.38. The maximum Gasteiger partial charge on any atom is 0.408 e. The molecule has 0 aliphatic carbocycles. The van der Waals surface area contributed by atoms with E-state index < -0.39 is 11.7 Å². The van der Waals surface area contributed by atoms with Crippen LogP contribution in [0.1, 0.15) is 52.4 Å². The number of ether oxygens (including phenoxy) is 1. The molecule has 2 atom stereocenters. The summed E-state index contributed by atoms with van der Waals surface area (Å²) in [6.07, 6.45) is 4.86. The summed E-state index contributed by atoms with van der Waals surface area (Å²) in [4.78, 5) is 15.8. The van der Waals surface area contributed by atoms with Crippen molar-refractivity contribution in [2.45, 2.75) is 52.3 Å². The first kappa shape index (κ1) is 15.3. The van der Waals surface area contributed by atoms with Crippen LogP contribution in [0.15, 0.2) is 25.2 Å². The molecule has 5 nitrogen and oxygen atoms in total. The Labute approximate surface area is 114 Å². The largest absolute Gasteiger partial charge is 0.444 e. The summed E-state index contributed by atoms with van der Waals surface area (Å²) in [5, 5.41) is 2.80. The van der Waals surface area contributed by atoms with Crippen molar-refractivity contribution in [1.82, 2.24) is 14.9 Å². The molecule has 1 aromatic rings. The predicted molar refractivity (Wildman–Crippen MR) is 74.9 cm³/mol. The number of nitrogens with zero attached hydrogens (tertiary/aromatic N) is 2. The van der Waals surface area contributed by atoms with Crippen LogP contribution < -0.4 is 5.32 Å². The van der Waals surface area contributed by atoms with Gasteiger partial charge in [-0.1, -0.05) is 6.08 Å². The average Bonchev–Trinajstić information content (AvgIpc) is 2.73. The van der Waals surface area contributed by atoms with Gasteiger partial charge in [-0.25, -0.2) is 9.78 Å². The van der Waals surface area contributed by atoms with Gasteiger partial charge in [0.15, 0.2) is 0 Å². The molecular weight excluding hydrogens is 242 g/mol. The molecule has 5 heteroatoms. The maximum atomic E-state index is 11.7. The van der Waals surface area contributed by atoms with Crippen molar-refractivity contribution in [2.24, 2.45) is 0 Å². The number of carbonyl (C=O) groups is 1. The molecule has 0 aromatic carbocycles. The van der Waals surface area contributed by atoms with Crippen LogP contribution in [0.2, 0.25) is 0 Å². The van der Waals surface area contributed by atoms with E-state index >= 15 is 0 Å². The molecular formula is C14H23N3O2. The molecule has 1 aromatic heterocycles. The van der Waals surface area contributed by atoms with E-state index in [2.05, 4.69) is 16.9 Å². The topological polar surface area (TPSA) is 56.2 Å². The molecule has 1 N–H and O–H groups in total. The monoisotopic (exact) mass is 265 g/mol. The van der Waals surface area contributed by atoms with Gasteiger partial charge in [-0.3, -0.25) is 0 Å². The molecule has 0 saturated heterocycles. The van der Waals surface area contributed by atoms with Gasteiger partial charge in [-0.2, -0.15) is 0 Å². The summed E-state index contributed by atoms with van der Waals surface area (Å²) in [6.45, 7) is 13.2. The quantitative estimate of drug-likeness (QED) is 0.850. The summed E-state index contributed by atoms with van der Waals surface area (Å²) in [5.74, 6) is 0. The van der Waals surface area contributed by atoms with Gasteiger partial charge in [0.25, 0.3) is 0 Å². The highest BCUT2D eigenvalue weighted by Crippen LogP contribution is 2.18. The minimum atomic E-state index is -0.502. The fourth-order valence-corrected chi connectivity index (χ4v) is 1.66. The van der Waals surface area contributed by atoms with Crippen LogP contribution >= 0.6 is 0 Å². The Kier molecular flexibility index (Phi) is 4.75. The Hall–Kier alpha value is -1.78. The van der Waals surface area contributed by atoms with E-state index in [9.17, 15) is 4.79 Å². The van der Waals surface area contributed by atoms with Gasteiger partial charge in [0.05, 0.1) is 24.3 Å². The lowest BCUT2D eigenvalue weighted by molar-refractivity contribution is 0.0506. The molecule has 0 aliphatic rings. The molecule has 1 amide bonds. The van der Waals surface area contributed by atoms with Gasteiger partial charge in [-0.05, 0) is 34.6 Å². The first-order chi connectivity index (χ1) is 8.74. The van der Waals surface area contributed by atoms with Crippen LogP contribution in [0.4, 0.5) is 4.79 Å². The van der Waals surface area contributed by atoms with E-state index in [0.717, 1.165) is 5.69 Å². The number of hydrogen-bond donors (Lipinski definition) is 1. The zero-order valence-corrected chi connectivity index (χ0v) is 12.3. The smallest absolute Gasteiger partial charge is 0.408 e. The summed E-state index contributed by atoms with van der Waals surface area (Å²) >= 11 is 0. The van der Waals surface area contributed by atoms with E-state index in [-0.39, 0.29) is 12.1 Å². The highest BCUT2D eigenvalue weighted by molar-refractivity contribution is 5.68. The van der Waals surface area contributed by atoms with Gasteiger partial charge in [0.1, 0.15) is 5.60 Å². The predicted octanol–water partition coefficient (Wildman–Crippen LogP) is 3.22. The summed E-state index contributed by atoms with van der Waals surface area (Å²) in [5.41, 5.74) is 0.414. The zero-order chi connectivity index (χ0) is 14.6. The summed E-state index contributed by atoms with van der Waals surface area (Å²) in [6, 6.07) is -0.0554. The lowest BCUT2D eigenvalue weighted by atomic mass is 10.2. The van der Waals surface area contributed by atoms with E-state index in [1.807, 2.05) is 45.3 Å². The number of hydrogen-bond acceptors (Lipinski definition) is 3. The lowest BCUT2D eigenvalue weighted by Crippen LogP contribution is -2.34. The first-order valence-electron chi connectivity index (χ1n) is 6.38. The van der Waals surface area contributed by atoms with Crippen LogP contribution in [-0.2, 0) is 4.74 Å². The van der Waals surface area contributed by atoms with Crippen molar-refractivity contribution in [3.63, 3.8) is 0 Å². The number of rotatable bonds is 4. The lowest BCUT2D eigenvalue weighted by Gasteiger charge is -2.23. The molecule has 0 saturated carbocycles. The van der Waals surface area contributed by atoms with E-state index in [1.54, 1.807) is 12.5 Å². The molecule has 106 valence electrons. The van der Waals surface area contributed by atoms with Gasteiger partial charge < -0.3 is 14.6 Å². The minimum Gasteiger partial charge on any atom is -0.444 e. The molecule has 19 heavy (non-hydrogen) atoms. The minimum absolute atomic E-state index is 0.125. The molecule has 0 spiro atoms. The second-order valence-corrected chi connectivity index (χ2v) is 5.57. The Morgan fingerprint density at radius 3 is 2.68 bits per heavy atom. The number of allylic oxidation sites excluding steroid dienone is 1. The van der Waals surface area contributed by atoms with Crippen LogP contribution in [-0.4, -0.2) is 21.2 Å². The van der Waals surface area contributed by atoms with E-state index in [4.69, 9.17) is 4.74 Å². The van der Waals surface area contributed by atoms with Crippen LogP contribution in [0, 0.1) is 0 Å². The number of amides is 1. The Bertz CT molecular complexity index is 446. The summed E-state index contributed by atoms with van der Waals surface area (Å²) in [7, 11) is 0. The molecule has 1 rings (SSSR count). The van der Waals surface area contributed by atoms with E-state index in [1.165, 1.54) is 0 Å². The molecule has 0 bridgehead atoms. The molecule has 1 heterocycles. The normalized spacial score (nSPS) is 14.6. The zero-order valence-electron chi connectivity index (χ0n) is 12.3. The Morgan fingerprint density at radius 2 is 2.16 bits per heavy atom. The van der Waals surface area contributed by atoms with Gasteiger partial charge in [0.2, 0.25) is 0 Å². The summed E-state index contributed by atoms with van der Waals surface area (Å²) < 4.78 is 7.20. The number of imidazole rings is 1. The standard InChI is InChI=1S/C14H23N3O2/c1-7-10(2)17-9-15-8-12(17)11(3)16-13(18)19-14(4,5)6/h7-11H,1H2,2-6H3,(H,16,18)/t10?,11-/m1/s1. The van der Waals surface area contributed by atoms with Gasteiger partial charge in [-0.15, -0.1) is 6.58 Å². The number of nitrogens with one attached hydrogen (secondary N) is 1. The number of aromatic nitrogens is 2. The molecule has 1 unspecified atom stereocenters. The third-order valence-electron chi connectivity index (χ3n) is 2.65. The maximum absolute atomic E-state index is 11.7. The fourth-order valence-electron chi connectivity index (χ4n) is 1.66.